The topological polar surface area (TPSA) is 111 Å². The van der Waals surface area contributed by atoms with Crippen LogP contribution in [0.2, 0.25) is 0 Å². The van der Waals surface area contributed by atoms with Crippen LogP contribution in [0.3, 0.4) is 0 Å². The van der Waals surface area contributed by atoms with Crippen molar-refractivity contribution in [1.82, 2.24) is 9.55 Å². The standard InChI is InChI=1S/C24H27FN6O2.H2/c1-31-20-4-3-18(33-17-6-9-24(25,10-7-17)23(26)29-30-27)14-19(20)28-22(31)13-15-2-5-21-16(12-15)8-11-32-21;/h2-5,12,14,17H,6-11,13H2,1H3,(H3,26,27,29);1H. The molecule has 0 unspecified atom stereocenters. The molecule has 2 aliphatic rings. The van der Waals surface area contributed by atoms with E-state index in [0.717, 1.165) is 47.8 Å². The van der Waals surface area contributed by atoms with Gasteiger partial charge in [-0.15, -0.1) is 5.11 Å². The second-order valence-corrected chi connectivity index (χ2v) is 8.80. The maximum absolute atomic E-state index is 14.9. The summed E-state index contributed by atoms with van der Waals surface area (Å²) in [5, 5.41) is 14.1. The lowest BCUT2D eigenvalue weighted by Gasteiger charge is -2.32. The van der Waals surface area contributed by atoms with Crippen LogP contribution >= 0.6 is 0 Å². The Morgan fingerprint density at radius 3 is 2.94 bits per heavy atom. The number of nitrogens with two attached hydrogens (primary N) is 1. The Hall–Kier alpha value is -3.49. The van der Waals surface area contributed by atoms with E-state index in [1.54, 1.807) is 0 Å². The fourth-order valence-corrected chi connectivity index (χ4v) is 4.74. The molecule has 1 fully saturated rings. The van der Waals surface area contributed by atoms with Gasteiger partial charge in [-0.1, -0.05) is 17.4 Å². The molecule has 3 aromatic rings. The van der Waals surface area contributed by atoms with Crippen molar-refractivity contribution in [1.29, 1.82) is 5.41 Å². The van der Waals surface area contributed by atoms with Gasteiger partial charge < -0.3 is 19.9 Å². The highest BCUT2D eigenvalue weighted by atomic mass is 19.1. The monoisotopic (exact) mass is 452 g/mol. The average Bonchev–Trinajstić information content (AvgIpc) is 3.39. The van der Waals surface area contributed by atoms with Crippen molar-refractivity contribution in [2.24, 2.45) is 23.2 Å². The van der Waals surface area contributed by atoms with Crippen molar-refractivity contribution in [3.8, 4) is 11.5 Å². The fourth-order valence-electron chi connectivity index (χ4n) is 4.74. The van der Waals surface area contributed by atoms with Crippen LogP contribution in [0.15, 0.2) is 46.7 Å². The summed E-state index contributed by atoms with van der Waals surface area (Å²) in [6.07, 6.45) is 2.89. The second-order valence-electron chi connectivity index (χ2n) is 8.80. The van der Waals surface area contributed by atoms with Crippen LogP contribution in [0.1, 0.15) is 44.1 Å². The predicted molar refractivity (Wildman–Crippen MR) is 125 cm³/mol. The van der Waals surface area contributed by atoms with Crippen molar-refractivity contribution in [3.05, 3.63) is 53.3 Å². The number of benzene rings is 2. The zero-order valence-corrected chi connectivity index (χ0v) is 18.6. The highest BCUT2D eigenvalue weighted by Gasteiger charge is 2.40. The third kappa shape index (κ3) is 4.15. The molecule has 9 heteroatoms. The summed E-state index contributed by atoms with van der Waals surface area (Å²) in [6, 6.07) is 12.2. The first-order chi connectivity index (χ1) is 15.9. The number of aryl methyl sites for hydroxylation is 1. The molecule has 0 amide bonds. The maximum Gasteiger partial charge on any atom is 0.182 e. The molecule has 1 aromatic heterocycles. The largest absolute Gasteiger partial charge is 0.493 e. The van der Waals surface area contributed by atoms with Crippen molar-refractivity contribution in [2.45, 2.75) is 50.3 Å². The number of ether oxygens (including phenoxy) is 2. The molecular weight excluding hydrogens is 423 g/mol. The number of hydrogen-bond donors (Lipinski definition) is 2. The van der Waals surface area contributed by atoms with Gasteiger partial charge in [-0.2, -0.15) is 0 Å². The summed E-state index contributed by atoms with van der Waals surface area (Å²) in [5.41, 5.74) is 2.59. The Balaban J connectivity index is 0.00000274. The fraction of sp³-hybridized carbons (Fsp3) is 0.417. The molecular formula is C24H29FN6O2. The van der Waals surface area contributed by atoms with Gasteiger partial charge in [0.25, 0.3) is 0 Å². The first kappa shape index (κ1) is 21.4. The van der Waals surface area contributed by atoms with E-state index in [1.165, 1.54) is 11.1 Å². The highest BCUT2D eigenvalue weighted by molar-refractivity contribution is 5.88. The molecule has 174 valence electrons. The smallest absolute Gasteiger partial charge is 0.182 e. The number of alkyl halides is 1. The number of aromatic nitrogens is 2. The Labute approximate surface area is 192 Å². The number of rotatable bonds is 5. The molecule has 33 heavy (non-hydrogen) atoms. The van der Waals surface area contributed by atoms with Crippen LogP contribution < -0.4 is 15.3 Å². The maximum atomic E-state index is 14.9. The molecule has 0 atom stereocenters. The Morgan fingerprint density at radius 1 is 1.33 bits per heavy atom. The number of halogens is 1. The summed E-state index contributed by atoms with van der Waals surface area (Å²) < 4.78 is 28.7. The van der Waals surface area contributed by atoms with E-state index in [9.17, 15) is 4.39 Å². The van der Waals surface area contributed by atoms with E-state index in [2.05, 4.69) is 27.0 Å². The SMILES string of the molecule is Cn1c(Cc2ccc3c(c2)CCO3)nc2cc(OC3CCC(F)(C(=N)N=NN)CC3)ccc21.[HH]. The third-order valence-corrected chi connectivity index (χ3v) is 6.67. The van der Waals surface area contributed by atoms with Gasteiger partial charge >= 0.3 is 0 Å². The molecule has 1 saturated carbocycles. The number of nitrogens with zero attached hydrogens (tertiary/aromatic N) is 4. The van der Waals surface area contributed by atoms with Crippen LogP contribution in [-0.4, -0.2) is 33.8 Å². The molecule has 3 N–H and O–H groups in total. The Bertz CT molecular complexity index is 1240. The minimum Gasteiger partial charge on any atom is -0.493 e. The number of imidazole rings is 1. The molecule has 0 radical (unpaired) electrons. The first-order valence-corrected chi connectivity index (χ1v) is 11.2. The summed E-state index contributed by atoms with van der Waals surface area (Å²) in [5.74, 6) is 7.23. The minimum atomic E-state index is -1.79. The van der Waals surface area contributed by atoms with E-state index in [-0.39, 0.29) is 20.4 Å². The molecule has 1 aliphatic carbocycles. The number of amidine groups is 1. The van der Waals surface area contributed by atoms with Crippen LogP contribution in [0.25, 0.3) is 11.0 Å². The Morgan fingerprint density at radius 2 is 2.15 bits per heavy atom. The van der Waals surface area contributed by atoms with E-state index < -0.39 is 11.5 Å². The molecule has 0 saturated heterocycles. The van der Waals surface area contributed by atoms with Gasteiger partial charge in [0.2, 0.25) is 0 Å². The molecule has 1 aliphatic heterocycles. The van der Waals surface area contributed by atoms with Crippen molar-refractivity contribution < 1.29 is 15.3 Å². The van der Waals surface area contributed by atoms with Gasteiger partial charge in [-0.25, -0.2) is 9.37 Å². The van der Waals surface area contributed by atoms with Gasteiger partial charge in [-0.05, 0) is 55.0 Å². The Kier molecular flexibility index (Phi) is 5.47. The molecule has 2 aromatic carbocycles. The normalized spacial score (nSPS) is 22.4. The summed E-state index contributed by atoms with van der Waals surface area (Å²) in [4.78, 5) is 4.85. The van der Waals surface area contributed by atoms with Crippen molar-refractivity contribution in [2.75, 3.05) is 6.61 Å². The van der Waals surface area contributed by atoms with Gasteiger partial charge in [-0.3, -0.25) is 5.41 Å². The molecule has 5 rings (SSSR count). The third-order valence-electron chi connectivity index (χ3n) is 6.67. The zero-order chi connectivity index (χ0) is 23.0. The van der Waals surface area contributed by atoms with Crippen LogP contribution in [-0.2, 0) is 19.9 Å². The van der Waals surface area contributed by atoms with Crippen LogP contribution in [0.4, 0.5) is 4.39 Å². The van der Waals surface area contributed by atoms with E-state index in [4.69, 9.17) is 25.7 Å². The van der Waals surface area contributed by atoms with Gasteiger partial charge in [0.15, 0.2) is 11.5 Å². The molecule has 0 spiro atoms. The molecule has 0 bridgehead atoms. The quantitative estimate of drug-likeness (QED) is 0.192. The second kappa shape index (κ2) is 8.46. The highest BCUT2D eigenvalue weighted by Crippen LogP contribution is 2.36. The van der Waals surface area contributed by atoms with Crippen molar-refractivity contribution in [3.63, 3.8) is 0 Å². The van der Waals surface area contributed by atoms with E-state index in [0.29, 0.717) is 12.8 Å². The number of nitrogens with one attached hydrogen (secondary N) is 1. The summed E-state index contributed by atoms with van der Waals surface area (Å²) in [6.45, 7) is 0.753. The molecule has 8 nitrogen and oxygen atoms in total. The lowest BCUT2D eigenvalue weighted by atomic mass is 9.84. The predicted octanol–water partition coefficient (Wildman–Crippen LogP) is 4.68. The van der Waals surface area contributed by atoms with E-state index >= 15 is 0 Å². The van der Waals surface area contributed by atoms with Crippen LogP contribution in [0.5, 0.6) is 11.5 Å². The van der Waals surface area contributed by atoms with Crippen LogP contribution in [0, 0.1) is 5.41 Å². The minimum absolute atomic E-state index is 0. The first-order valence-electron chi connectivity index (χ1n) is 11.2. The zero-order valence-electron chi connectivity index (χ0n) is 18.6. The summed E-state index contributed by atoms with van der Waals surface area (Å²) >= 11 is 0. The van der Waals surface area contributed by atoms with E-state index in [1.807, 2.05) is 31.3 Å². The molecule has 2 heterocycles. The lowest BCUT2D eigenvalue weighted by Crippen LogP contribution is -2.39. The number of fused-ring (bicyclic) bond motifs is 2. The number of hydrogen-bond acceptors (Lipinski definition) is 5. The van der Waals surface area contributed by atoms with Gasteiger partial charge in [0, 0.05) is 27.4 Å². The van der Waals surface area contributed by atoms with Gasteiger partial charge in [0.1, 0.15) is 17.3 Å². The van der Waals surface area contributed by atoms with Crippen molar-refractivity contribution >= 4 is 16.9 Å². The van der Waals surface area contributed by atoms with Gasteiger partial charge in [0.05, 0.1) is 23.7 Å². The average molecular weight is 453 g/mol. The lowest BCUT2D eigenvalue weighted by molar-refractivity contribution is 0.0855. The summed E-state index contributed by atoms with van der Waals surface area (Å²) in [7, 11) is 2.03.